The minimum atomic E-state index is 0.0374. The Hall–Kier alpha value is -2.59. The van der Waals surface area contributed by atoms with Gasteiger partial charge in [0, 0.05) is 49.6 Å². The van der Waals surface area contributed by atoms with Gasteiger partial charge in [0.1, 0.15) is 0 Å². The number of likely N-dealkylation sites (N-methyl/N-ethyl adjacent to an activating group) is 1. The summed E-state index contributed by atoms with van der Waals surface area (Å²) in [6.07, 6.45) is 2.62. The first-order chi connectivity index (χ1) is 13.0. The minimum absolute atomic E-state index is 0.0374. The minimum Gasteiger partial charge on any atom is -0.355 e. The van der Waals surface area contributed by atoms with E-state index in [9.17, 15) is 4.79 Å². The monoisotopic (exact) mass is 363 g/mol. The van der Waals surface area contributed by atoms with Crippen molar-refractivity contribution in [1.29, 1.82) is 0 Å². The van der Waals surface area contributed by atoms with E-state index in [-0.39, 0.29) is 11.8 Å². The SMILES string of the molecule is Cc1cccc(C(CC(=O)NCCN(C)C)c2cn(C)c3ccccc23)c1. The number of carbonyl (C=O) groups excluding carboxylic acids is 1. The zero-order chi connectivity index (χ0) is 19.4. The summed E-state index contributed by atoms with van der Waals surface area (Å²) < 4.78 is 2.15. The van der Waals surface area contributed by atoms with E-state index < -0.39 is 0 Å². The number of aromatic nitrogens is 1. The molecular formula is C23H29N3O. The molecule has 0 aliphatic rings. The average Bonchev–Trinajstić information content (AvgIpc) is 2.96. The summed E-state index contributed by atoms with van der Waals surface area (Å²) in [4.78, 5) is 14.7. The molecule has 142 valence electrons. The lowest BCUT2D eigenvalue weighted by atomic mass is 9.87. The van der Waals surface area contributed by atoms with E-state index in [0.29, 0.717) is 13.0 Å². The standard InChI is InChI=1S/C23H29N3O/c1-17-8-7-9-18(14-17)20(15-23(27)24-12-13-25(2)3)21-16-26(4)22-11-6-5-10-19(21)22/h5-11,14,16,20H,12-13,15H2,1-4H3,(H,24,27). The number of aryl methyl sites for hydroxylation is 2. The third-order valence-electron chi connectivity index (χ3n) is 5.02. The molecule has 0 saturated carbocycles. The molecule has 0 fully saturated rings. The Bertz CT molecular complexity index is 926. The molecule has 1 heterocycles. The van der Waals surface area contributed by atoms with Crippen molar-refractivity contribution in [3.05, 3.63) is 71.4 Å². The van der Waals surface area contributed by atoms with Crippen LogP contribution in [-0.4, -0.2) is 42.6 Å². The van der Waals surface area contributed by atoms with Crippen LogP contribution in [0.5, 0.6) is 0 Å². The molecule has 2 aromatic carbocycles. The first kappa shape index (κ1) is 19.2. The lowest BCUT2D eigenvalue weighted by Crippen LogP contribution is -2.32. The lowest BCUT2D eigenvalue weighted by Gasteiger charge is -2.18. The largest absolute Gasteiger partial charge is 0.355 e. The Labute approximate surface area is 161 Å². The molecule has 4 nitrogen and oxygen atoms in total. The molecule has 27 heavy (non-hydrogen) atoms. The molecular weight excluding hydrogens is 334 g/mol. The topological polar surface area (TPSA) is 37.3 Å². The van der Waals surface area contributed by atoms with Gasteiger partial charge in [-0.2, -0.15) is 0 Å². The second kappa shape index (κ2) is 8.40. The summed E-state index contributed by atoms with van der Waals surface area (Å²) >= 11 is 0. The van der Waals surface area contributed by atoms with E-state index in [1.807, 2.05) is 14.1 Å². The first-order valence-corrected chi connectivity index (χ1v) is 9.47. The molecule has 3 rings (SSSR count). The van der Waals surface area contributed by atoms with Crippen molar-refractivity contribution >= 4 is 16.8 Å². The summed E-state index contributed by atoms with van der Waals surface area (Å²) in [5.41, 5.74) is 4.81. The average molecular weight is 364 g/mol. The molecule has 1 atom stereocenters. The fraction of sp³-hybridized carbons (Fsp3) is 0.348. The number of carbonyl (C=O) groups is 1. The first-order valence-electron chi connectivity index (χ1n) is 9.47. The van der Waals surface area contributed by atoms with Crippen molar-refractivity contribution < 1.29 is 4.79 Å². The van der Waals surface area contributed by atoms with Gasteiger partial charge in [0.25, 0.3) is 0 Å². The molecule has 1 amide bonds. The van der Waals surface area contributed by atoms with Gasteiger partial charge in [-0.1, -0.05) is 48.0 Å². The van der Waals surface area contributed by atoms with Crippen LogP contribution in [-0.2, 0) is 11.8 Å². The Morgan fingerprint density at radius 1 is 1.15 bits per heavy atom. The number of rotatable bonds is 7. The molecule has 0 spiro atoms. The zero-order valence-electron chi connectivity index (χ0n) is 16.7. The molecule has 4 heteroatoms. The van der Waals surface area contributed by atoms with Crippen LogP contribution in [0.2, 0.25) is 0 Å². The summed E-state index contributed by atoms with van der Waals surface area (Å²) in [5, 5.41) is 4.28. The van der Waals surface area contributed by atoms with E-state index in [1.54, 1.807) is 0 Å². The highest BCUT2D eigenvalue weighted by molar-refractivity contribution is 5.86. The van der Waals surface area contributed by atoms with Crippen molar-refractivity contribution in [2.45, 2.75) is 19.3 Å². The van der Waals surface area contributed by atoms with Crippen molar-refractivity contribution in [3.8, 4) is 0 Å². The van der Waals surface area contributed by atoms with Crippen LogP contribution >= 0.6 is 0 Å². The predicted molar refractivity (Wildman–Crippen MR) is 112 cm³/mol. The smallest absolute Gasteiger partial charge is 0.220 e. The van der Waals surface area contributed by atoms with Gasteiger partial charge in [-0.15, -0.1) is 0 Å². The second-order valence-corrected chi connectivity index (χ2v) is 7.54. The van der Waals surface area contributed by atoms with E-state index >= 15 is 0 Å². The third-order valence-corrected chi connectivity index (χ3v) is 5.02. The molecule has 0 bridgehead atoms. The molecule has 1 N–H and O–H groups in total. The molecule has 3 aromatic rings. The lowest BCUT2D eigenvalue weighted by molar-refractivity contribution is -0.121. The van der Waals surface area contributed by atoms with E-state index in [4.69, 9.17) is 0 Å². The van der Waals surface area contributed by atoms with E-state index in [0.717, 1.165) is 6.54 Å². The fourth-order valence-corrected chi connectivity index (χ4v) is 3.62. The maximum atomic E-state index is 12.7. The molecule has 0 aliphatic heterocycles. The highest BCUT2D eigenvalue weighted by Gasteiger charge is 2.22. The summed E-state index contributed by atoms with van der Waals surface area (Å²) in [7, 11) is 6.09. The zero-order valence-corrected chi connectivity index (χ0v) is 16.7. The van der Waals surface area contributed by atoms with E-state index in [1.165, 1.54) is 27.6 Å². The molecule has 1 aromatic heterocycles. The van der Waals surface area contributed by atoms with Crippen molar-refractivity contribution in [2.75, 3.05) is 27.2 Å². The Kier molecular flexibility index (Phi) is 5.97. The van der Waals surface area contributed by atoms with Crippen LogP contribution < -0.4 is 5.32 Å². The molecule has 0 aliphatic carbocycles. The Morgan fingerprint density at radius 3 is 2.67 bits per heavy atom. The number of nitrogens with one attached hydrogen (secondary N) is 1. The van der Waals surface area contributed by atoms with Crippen LogP contribution in [0.15, 0.2) is 54.7 Å². The van der Waals surface area contributed by atoms with Crippen LogP contribution in [0.4, 0.5) is 0 Å². The molecule has 0 radical (unpaired) electrons. The highest BCUT2D eigenvalue weighted by Crippen LogP contribution is 2.34. The Balaban J connectivity index is 1.94. The number of hydrogen-bond donors (Lipinski definition) is 1. The van der Waals surface area contributed by atoms with Crippen molar-refractivity contribution in [1.82, 2.24) is 14.8 Å². The Morgan fingerprint density at radius 2 is 1.93 bits per heavy atom. The van der Waals surface area contributed by atoms with Gasteiger partial charge in [0.15, 0.2) is 0 Å². The third kappa shape index (κ3) is 4.58. The number of hydrogen-bond acceptors (Lipinski definition) is 2. The second-order valence-electron chi connectivity index (χ2n) is 7.54. The van der Waals surface area contributed by atoms with Gasteiger partial charge in [-0.3, -0.25) is 4.79 Å². The fourth-order valence-electron chi connectivity index (χ4n) is 3.62. The summed E-state index contributed by atoms with van der Waals surface area (Å²) in [6.45, 7) is 3.61. The van der Waals surface area contributed by atoms with Gasteiger partial charge in [0.2, 0.25) is 5.91 Å². The van der Waals surface area contributed by atoms with Crippen molar-refractivity contribution in [2.24, 2.45) is 7.05 Å². The van der Waals surface area contributed by atoms with Gasteiger partial charge in [-0.25, -0.2) is 0 Å². The number of nitrogens with zero attached hydrogens (tertiary/aromatic N) is 2. The van der Waals surface area contributed by atoms with Crippen LogP contribution in [0.1, 0.15) is 29.0 Å². The number of benzene rings is 2. The van der Waals surface area contributed by atoms with Crippen LogP contribution in [0.3, 0.4) is 0 Å². The van der Waals surface area contributed by atoms with Gasteiger partial charge in [-0.05, 0) is 38.2 Å². The predicted octanol–water partition coefficient (Wildman–Crippen LogP) is 3.69. The van der Waals surface area contributed by atoms with Gasteiger partial charge >= 0.3 is 0 Å². The number of fused-ring (bicyclic) bond motifs is 1. The highest BCUT2D eigenvalue weighted by atomic mass is 16.1. The van der Waals surface area contributed by atoms with E-state index in [2.05, 4.69) is 83.5 Å². The summed E-state index contributed by atoms with van der Waals surface area (Å²) in [6, 6.07) is 16.9. The summed E-state index contributed by atoms with van der Waals surface area (Å²) in [5.74, 6) is 0.131. The quantitative estimate of drug-likeness (QED) is 0.695. The molecule has 0 saturated heterocycles. The van der Waals surface area contributed by atoms with Crippen molar-refractivity contribution in [3.63, 3.8) is 0 Å². The normalized spacial score (nSPS) is 12.5. The maximum Gasteiger partial charge on any atom is 0.220 e. The molecule has 1 unspecified atom stereocenters. The maximum absolute atomic E-state index is 12.7. The van der Waals surface area contributed by atoms with Gasteiger partial charge < -0.3 is 14.8 Å². The number of amides is 1. The van der Waals surface area contributed by atoms with Gasteiger partial charge in [0.05, 0.1) is 0 Å². The van der Waals surface area contributed by atoms with Crippen LogP contribution in [0.25, 0.3) is 10.9 Å². The van der Waals surface area contributed by atoms with Crippen LogP contribution in [0, 0.1) is 6.92 Å². The number of para-hydroxylation sites is 1.